The smallest absolute Gasteiger partial charge is 1.00 e. The normalized spacial score (nSPS) is 7.30. The van der Waals surface area contributed by atoms with E-state index >= 15 is 0 Å². The van der Waals surface area contributed by atoms with Gasteiger partial charge in [-0.25, -0.2) is 0 Å². The fourth-order valence-corrected chi connectivity index (χ4v) is 0.610. The van der Waals surface area contributed by atoms with Crippen LogP contribution in [-0.4, -0.2) is 0 Å². The second-order valence-electron chi connectivity index (χ2n) is 1.93. The third kappa shape index (κ3) is 3.24. The molecule has 0 aliphatic rings. The van der Waals surface area contributed by atoms with Crippen molar-refractivity contribution in [2.24, 2.45) is 0 Å². The van der Waals surface area contributed by atoms with Gasteiger partial charge in [-0.3, -0.25) is 0 Å². The SMILES string of the molecule is [CH2-]c1ccccc1C.[Cl-].[Zn+2]. The topological polar surface area (TPSA) is 0 Å². The van der Waals surface area contributed by atoms with Crippen LogP contribution in [0.5, 0.6) is 0 Å². The molecular weight excluding hydrogens is 197 g/mol. The number of benzene rings is 1. The van der Waals surface area contributed by atoms with Crippen LogP contribution < -0.4 is 12.4 Å². The molecule has 0 spiro atoms. The molecule has 1 rings (SSSR count). The van der Waals surface area contributed by atoms with Gasteiger partial charge in [-0.05, 0) is 0 Å². The summed E-state index contributed by atoms with van der Waals surface area (Å²) in [7, 11) is 0. The van der Waals surface area contributed by atoms with Gasteiger partial charge in [0.15, 0.2) is 0 Å². The van der Waals surface area contributed by atoms with Gasteiger partial charge in [0, 0.05) is 0 Å². The number of hydrogen-bond acceptors (Lipinski definition) is 0. The minimum absolute atomic E-state index is 0. The Hall–Kier alpha value is 0.00338. The van der Waals surface area contributed by atoms with Crippen molar-refractivity contribution >= 4 is 0 Å². The van der Waals surface area contributed by atoms with Crippen LogP contribution in [0.4, 0.5) is 0 Å². The largest absolute Gasteiger partial charge is 2.00 e. The van der Waals surface area contributed by atoms with Crippen LogP contribution in [0.1, 0.15) is 11.1 Å². The summed E-state index contributed by atoms with van der Waals surface area (Å²) >= 11 is 0. The molecule has 0 atom stereocenters. The molecule has 0 N–H and O–H groups in total. The summed E-state index contributed by atoms with van der Waals surface area (Å²) in [5, 5.41) is 0. The minimum atomic E-state index is 0. The van der Waals surface area contributed by atoms with Gasteiger partial charge in [0.25, 0.3) is 0 Å². The van der Waals surface area contributed by atoms with Gasteiger partial charge in [-0.15, -0.1) is 12.1 Å². The van der Waals surface area contributed by atoms with Crippen molar-refractivity contribution < 1.29 is 31.9 Å². The Bertz CT molecular complexity index is 165. The Labute approximate surface area is 81.2 Å². The van der Waals surface area contributed by atoms with Gasteiger partial charge < -0.3 is 12.4 Å². The monoisotopic (exact) mass is 204 g/mol. The first-order chi connectivity index (χ1) is 3.80. The van der Waals surface area contributed by atoms with Crippen LogP contribution in [-0.2, 0) is 19.5 Å². The zero-order valence-electron chi connectivity index (χ0n) is 6.10. The van der Waals surface area contributed by atoms with Crippen molar-refractivity contribution in [1.82, 2.24) is 0 Å². The molecule has 0 fully saturated rings. The summed E-state index contributed by atoms with van der Waals surface area (Å²) in [6.07, 6.45) is 0. The number of halogens is 1. The molecule has 0 aliphatic heterocycles. The second kappa shape index (κ2) is 5.76. The predicted molar refractivity (Wildman–Crippen MR) is 35.6 cm³/mol. The molecule has 0 saturated heterocycles. The summed E-state index contributed by atoms with van der Waals surface area (Å²) in [4.78, 5) is 0. The standard InChI is InChI=1S/C8H9.ClH.Zn/c1-7-5-3-4-6-8(7)2;;/h3-6H,1H2,2H3;1H;/q-1;;+2/p-1. The van der Waals surface area contributed by atoms with Crippen molar-refractivity contribution in [3.8, 4) is 0 Å². The number of hydrogen-bond donors (Lipinski definition) is 0. The molecule has 1 aromatic rings. The van der Waals surface area contributed by atoms with Crippen LogP contribution in [0.15, 0.2) is 24.3 Å². The van der Waals surface area contributed by atoms with Gasteiger partial charge in [0.1, 0.15) is 0 Å². The average Bonchev–Trinajstić information content (AvgIpc) is 1.77. The molecule has 1 aromatic carbocycles. The van der Waals surface area contributed by atoms with E-state index in [2.05, 4.69) is 19.9 Å². The van der Waals surface area contributed by atoms with E-state index < -0.39 is 0 Å². The number of rotatable bonds is 0. The van der Waals surface area contributed by atoms with Crippen molar-refractivity contribution in [3.05, 3.63) is 42.3 Å². The molecule has 0 bridgehead atoms. The van der Waals surface area contributed by atoms with Crippen molar-refractivity contribution in [3.63, 3.8) is 0 Å². The third-order valence-corrected chi connectivity index (χ3v) is 1.26. The maximum atomic E-state index is 3.82. The van der Waals surface area contributed by atoms with E-state index in [1.165, 1.54) is 5.56 Å². The summed E-state index contributed by atoms with van der Waals surface area (Å²) in [6.45, 7) is 5.88. The van der Waals surface area contributed by atoms with Gasteiger partial charge in [-0.1, -0.05) is 13.0 Å². The second-order valence-corrected chi connectivity index (χ2v) is 1.93. The molecule has 2 heteroatoms. The summed E-state index contributed by atoms with van der Waals surface area (Å²) < 4.78 is 0. The van der Waals surface area contributed by atoms with Crippen LogP contribution >= 0.6 is 0 Å². The van der Waals surface area contributed by atoms with E-state index in [0.717, 1.165) is 5.56 Å². The van der Waals surface area contributed by atoms with Gasteiger partial charge in [0.2, 0.25) is 0 Å². The molecule has 0 aliphatic carbocycles. The Morgan fingerprint density at radius 3 is 2.00 bits per heavy atom. The molecule has 0 aromatic heterocycles. The first-order valence-electron chi connectivity index (χ1n) is 2.68. The van der Waals surface area contributed by atoms with E-state index in [9.17, 15) is 0 Å². The van der Waals surface area contributed by atoms with Gasteiger partial charge >= 0.3 is 19.5 Å². The van der Waals surface area contributed by atoms with Crippen molar-refractivity contribution in [2.45, 2.75) is 6.92 Å². The van der Waals surface area contributed by atoms with E-state index in [0.29, 0.717) is 0 Å². The van der Waals surface area contributed by atoms with Crippen LogP contribution in [0.3, 0.4) is 0 Å². The quantitative estimate of drug-likeness (QED) is 0.384. The molecule has 0 radical (unpaired) electrons. The first kappa shape index (κ1) is 12.7. The zero-order chi connectivity index (χ0) is 5.98. The number of aryl methyl sites for hydroxylation is 1. The van der Waals surface area contributed by atoms with Crippen LogP contribution in [0.25, 0.3) is 0 Å². The van der Waals surface area contributed by atoms with Crippen molar-refractivity contribution in [1.29, 1.82) is 0 Å². The molecule has 50 valence electrons. The first-order valence-corrected chi connectivity index (χ1v) is 2.68. The maximum Gasteiger partial charge on any atom is 2.00 e. The Morgan fingerprint density at radius 2 is 1.70 bits per heavy atom. The average molecular weight is 206 g/mol. The fourth-order valence-electron chi connectivity index (χ4n) is 0.610. The van der Waals surface area contributed by atoms with E-state index in [1.807, 2.05) is 18.2 Å². The molecule has 10 heavy (non-hydrogen) atoms. The molecule has 0 saturated carbocycles. The van der Waals surface area contributed by atoms with Crippen LogP contribution in [0.2, 0.25) is 0 Å². The summed E-state index contributed by atoms with van der Waals surface area (Å²) in [5.41, 5.74) is 2.38. The molecule has 0 nitrogen and oxygen atoms in total. The molecule has 0 unspecified atom stereocenters. The third-order valence-electron chi connectivity index (χ3n) is 1.26. The van der Waals surface area contributed by atoms with Crippen LogP contribution in [0, 0.1) is 13.8 Å². The fraction of sp³-hybridized carbons (Fsp3) is 0.125. The van der Waals surface area contributed by atoms with Gasteiger partial charge in [0.05, 0.1) is 0 Å². The Balaban J connectivity index is 0. The summed E-state index contributed by atoms with van der Waals surface area (Å²) in [6, 6.07) is 8.08. The van der Waals surface area contributed by atoms with E-state index in [4.69, 9.17) is 0 Å². The van der Waals surface area contributed by atoms with E-state index in [-0.39, 0.29) is 31.9 Å². The van der Waals surface area contributed by atoms with Crippen molar-refractivity contribution in [2.75, 3.05) is 0 Å². The Kier molecular flexibility index (Phi) is 7.30. The van der Waals surface area contributed by atoms with E-state index in [1.54, 1.807) is 0 Å². The predicted octanol–water partition coefficient (Wildman–Crippen LogP) is -0.821. The molecule has 0 heterocycles. The minimum Gasteiger partial charge on any atom is -1.00 e. The summed E-state index contributed by atoms with van der Waals surface area (Å²) in [5.74, 6) is 0. The zero-order valence-corrected chi connectivity index (χ0v) is 9.82. The maximum absolute atomic E-state index is 3.82. The molecule has 0 amide bonds. The Morgan fingerprint density at radius 1 is 1.20 bits per heavy atom. The molecular formula is C8H9ClZn. The van der Waals surface area contributed by atoms with Gasteiger partial charge in [-0.2, -0.15) is 24.1 Å².